The minimum absolute atomic E-state index is 0.199. The molecule has 1 fully saturated rings. The molecule has 1 heterocycles. The van der Waals surface area contributed by atoms with Gasteiger partial charge in [0.1, 0.15) is 0 Å². The Kier molecular flexibility index (Phi) is 4.61. The standard InChI is InChI=1S/C16H25NO2/c1-13(15(18)14-6-4-3-5-7-14)12-17-10-8-16(2,19)9-11-17/h3-7,13,15,18-19H,8-12H2,1-2H3. The van der Waals surface area contributed by atoms with Gasteiger partial charge in [-0.05, 0) is 31.2 Å². The zero-order valence-electron chi connectivity index (χ0n) is 11.9. The van der Waals surface area contributed by atoms with E-state index in [0.717, 1.165) is 38.0 Å². The molecule has 0 saturated carbocycles. The summed E-state index contributed by atoms with van der Waals surface area (Å²) in [7, 11) is 0. The van der Waals surface area contributed by atoms with Gasteiger partial charge in [-0.1, -0.05) is 37.3 Å². The molecule has 3 nitrogen and oxygen atoms in total. The van der Waals surface area contributed by atoms with Crippen molar-refractivity contribution in [3.05, 3.63) is 35.9 Å². The molecule has 3 heteroatoms. The van der Waals surface area contributed by atoms with Crippen molar-refractivity contribution in [2.45, 2.75) is 38.4 Å². The zero-order chi connectivity index (χ0) is 13.9. The Hall–Kier alpha value is -0.900. The number of aliphatic hydroxyl groups is 2. The van der Waals surface area contributed by atoms with Crippen molar-refractivity contribution >= 4 is 0 Å². The fourth-order valence-corrected chi connectivity index (χ4v) is 2.70. The molecule has 2 rings (SSSR count). The summed E-state index contributed by atoms with van der Waals surface area (Å²) in [5.74, 6) is 0.199. The van der Waals surface area contributed by atoms with Gasteiger partial charge < -0.3 is 15.1 Å². The number of rotatable bonds is 4. The molecule has 1 aliphatic rings. The fraction of sp³-hybridized carbons (Fsp3) is 0.625. The molecule has 0 spiro atoms. The summed E-state index contributed by atoms with van der Waals surface area (Å²) < 4.78 is 0. The molecule has 0 aliphatic carbocycles. The number of hydrogen-bond donors (Lipinski definition) is 2. The maximum absolute atomic E-state index is 10.3. The van der Waals surface area contributed by atoms with Crippen LogP contribution >= 0.6 is 0 Å². The topological polar surface area (TPSA) is 43.7 Å². The van der Waals surface area contributed by atoms with E-state index in [9.17, 15) is 10.2 Å². The lowest BCUT2D eigenvalue weighted by Crippen LogP contribution is -2.44. The van der Waals surface area contributed by atoms with Crippen LogP contribution < -0.4 is 0 Å². The summed E-state index contributed by atoms with van der Waals surface area (Å²) in [6.07, 6.45) is 1.23. The quantitative estimate of drug-likeness (QED) is 0.875. The first-order valence-corrected chi connectivity index (χ1v) is 7.16. The third-order valence-corrected chi connectivity index (χ3v) is 4.16. The maximum Gasteiger partial charge on any atom is 0.0827 e. The van der Waals surface area contributed by atoms with E-state index in [0.29, 0.717) is 0 Å². The summed E-state index contributed by atoms with van der Waals surface area (Å²) >= 11 is 0. The number of hydrogen-bond acceptors (Lipinski definition) is 3. The summed E-state index contributed by atoms with van der Waals surface area (Å²) in [5.41, 5.74) is 0.483. The molecule has 0 amide bonds. The molecule has 2 N–H and O–H groups in total. The smallest absolute Gasteiger partial charge is 0.0827 e. The van der Waals surface area contributed by atoms with E-state index in [2.05, 4.69) is 11.8 Å². The third kappa shape index (κ3) is 4.03. The van der Waals surface area contributed by atoms with Crippen LogP contribution in [-0.2, 0) is 0 Å². The second-order valence-corrected chi connectivity index (χ2v) is 6.13. The van der Waals surface area contributed by atoms with Crippen LogP contribution in [0.1, 0.15) is 38.4 Å². The normalized spacial score (nSPS) is 22.9. The van der Waals surface area contributed by atoms with E-state index >= 15 is 0 Å². The number of aliphatic hydroxyl groups excluding tert-OH is 1. The van der Waals surface area contributed by atoms with Crippen LogP contribution in [-0.4, -0.2) is 40.3 Å². The van der Waals surface area contributed by atoms with Crippen molar-refractivity contribution in [3.63, 3.8) is 0 Å². The van der Waals surface area contributed by atoms with Gasteiger partial charge >= 0.3 is 0 Å². The Morgan fingerprint density at radius 3 is 2.37 bits per heavy atom. The lowest BCUT2D eigenvalue weighted by Gasteiger charge is -2.37. The molecule has 0 radical (unpaired) electrons. The SMILES string of the molecule is CC(CN1CCC(C)(O)CC1)C(O)c1ccccc1. The van der Waals surface area contributed by atoms with Gasteiger partial charge in [-0.3, -0.25) is 0 Å². The number of benzene rings is 1. The van der Waals surface area contributed by atoms with Crippen LogP contribution in [0.2, 0.25) is 0 Å². The summed E-state index contributed by atoms with van der Waals surface area (Å²) in [5, 5.41) is 20.3. The van der Waals surface area contributed by atoms with E-state index in [-0.39, 0.29) is 5.92 Å². The number of piperidine rings is 1. The first-order chi connectivity index (χ1) is 8.98. The van der Waals surface area contributed by atoms with Gasteiger partial charge in [0.2, 0.25) is 0 Å². The fourth-order valence-electron chi connectivity index (χ4n) is 2.70. The van der Waals surface area contributed by atoms with Gasteiger partial charge in [0.15, 0.2) is 0 Å². The summed E-state index contributed by atoms with van der Waals surface area (Å²) in [4.78, 5) is 2.34. The van der Waals surface area contributed by atoms with Gasteiger partial charge in [-0.2, -0.15) is 0 Å². The lowest BCUT2D eigenvalue weighted by molar-refractivity contribution is -0.0147. The minimum atomic E-state index is -0.502. The largest absolute Gasteiger partial charge is 0.390 e. The minimum Gasteiger partial charge on any atom is -0.390 e. The van der Waals surface area contributed by atoms with Crippen molar-refractivity contribution in [1.82, 2.24) is 4.90 Å². The molecular weight excluding hydrogens is 238 g/mol. The monoisotopic (exact) mass is 263 g/mol. The van der Waals surface area contributed by atoms with Crippen molar-refractivity contribution in [2.75, 3.05) is 19.6 Å². The molecule has 2 atom stereocenters. The van der Waals surface area contributed by atoms with Crippen LogP contribution in [0, 0.1) is 5.92 Å². The molecule has 106 valence electrons. The van der Waals surface area contributed by atoms with Gasteiger partial charge in [0.05, 0.1) is 11.7 Å². The van der Waals surface area contributed by atoms with Crippen LogP contribution in [0.25, 0.3) is 0 Å². The van der Waals surface area contributed by atoms with E-state index in [1.807, 2.05) is 37.3 Å². The van der Waals surface area contributed by atoms with Crippen LogP contribution in [0.3, 0.4) is 0 Å². The van der Waals surface area contributed by atoms with Gasteiger partial charge in [-0.25, -0.2) is 0 Å². The molecular formula is C16H25NO2. The van der Waals surface area contributed by atoms with Crippen molar-refractivity contribution in [3.8, 4) is 0 Å². The van der Waals surface area contributed by atoms with E-state index in [1.165, 1.54) is 0 Å². The maximum atomic E-state index is 10.3. The Bertz CT molecular complexity index is 381. The first kappa shape index (κ1) is 14.5. The number of likely N-dealkylation sites (tertiary alicyclic amines) is 1. The van der Waals surface area contributed by atoms with Crippen molar-refractivity contribution in [2.24, 2.45) is 5.92 Å². The Morgan fingerprint density at radius 2 is 1.79 bits per heavy atom. The third-order valence-electron chi connectivity index (χ3n) is 4.16. The highest BCUT2D eigenvalue weighted by Crippen LogP contribution is 2.26. The molecule has 0 bridgehead atoms. The van der Waals surface area contributed by atoms with Gasteiger partial charge in [0.25, 0.3) is 0 Å². The predicted molar refractivity (Wildman–Crippen MR) is 76.9 cm³/mol. The second kappa shape index (κ2) is 6.04. The second-order valence-electron chi connectivity index (χ2n) is 6.13. The average molecular weight is 263 g/mol. The number of nitrogens with zero attached hydrogens (tertiary/aromatic N) is 1. The highest BCUT2D eigenvalue weighted by molar-refractivity contribution is 5.17. The Balaban J connectivity index is 1.86. The molecule has 2 unspecified atom stereocenters. The Morgan fingerprint density at radius 1 is 1.21 bits per heavy atom. The molecule has 1 aromatic rings. The van der Waals surface area contributed by atoms with Crippen LogP contribution in [0.15, 0.2) is 30.3 Å². The van der Waals surface area contributed by atoms with E-state index < -0.39 is 11.7 Å². The molecule has 1 saturated heterocycles. The average Bonchev–Trinajstić information content (AvgIpc) is 2.41. The van der Waals surface area contributed by atoms with E-state index in [1.54, 1.807) is 0 Å². The van der Waals surface area contributed by atoms with E-state index in [4.69, 9.17) is 0 Å². The van der Waals surface area contributed by atoms with Crippen molar-refractivity contribution in [1.29, 1.82) is 0 Å². The van der Waals surface area contributed by atoms with Crippen molar-refractivity contribution < 1.29 is 10.2 Å². The zero-order valence-corrected chi connectivity index (χ0v) is 11.9. The Labute approximate surface area is 115 Å². The lowest BCUT2D eigenvalue weighted by atomic mass is 9.92. The van der Waals surface area contributed by atoms with Gasteiger partial charge in [0, 0.05) is 19.6 Å². The summed E-state index contributed by atoms with van der Waals surface area (Å²) in [6, 6.07) is 9.84. The highest BCUT2D eigenvalue weighted by atomic mass is 16.3. The first-order valence-electron chi connectivity index (χ1n) is 7.16. The highest BCUT2D eigenvalue weighted by Gasteiger charge is 2.28. The molecule has 1 aliphatic heterocycles. The van der Waals surface area contributed by atoms with Gasteiger partial charge in [-0.15, -0.1) is 0 Å². The van der Waals surface area contributed by atoms with Crippen LogP contribution in [0.4, 0.5) is 0 Å². The summed E-state index contributed by atoms with van der Waals surface area (Å²) in [6.45, 7) is 6.71. The molecule has 19 heavy (non-hydrogen) atoms. The molecule has 1 aromatic carbocycles. The van der Waals surface area contributed by atoms with Crippen LogP contribution in [0.5, 0.6) is 0 Å². The predicted octanol–water partition coefficient (Wildman–Crippen LogP) is 2.20. The molecule has 0 aromatic heterocycles.